The fourth-order valence-corrected chi connectivity index (χ4v) is 15.5. The number of aliphatic hydroxyl groups is 16. The summed E-state index contributed by atoms with van der Waals surface area (Å²) in [7, 11) is 0. The number of rotatable bonds is 16. The monoisotopic (exact) mass is 1100 g/mol. The Morgan fingerprint density at radius 2 is 1.09 bits per heavy atom. The maximum atomic E-state index is 12.1. The second-order valence-electron chi connectivity index (χ2n) is 24.0. The molecule has 9 rings (SSSR count). The quantitative estimate of drug-likeness (QED) is 0.0508. The fourth-order valence-electron chi connectivity index (χ4n) is 15.5. The van der Waals surface area contributed by atoms with Crippen molar-refractivity contribution in [3.05, 3.63) is 12.2 Å². The Morgan fingerprint density at radius 3 is 1.72 bits per heavy atom. The van der Waals surface area contributed by atoms with Crippen LogP contribution in [0.1, 0.15) is 78.6 Å². The predicted octanol–water partition coefficient (Wildman–Crippen LogP) is -5.06. The van der Waals surface area contributed by atoms with E-state index in [0.29, 0.717) is 36.7 Å². The highest BCUT2D eigenvalue weighted by Crippen LogP contribution is 2.71. The molecule has 9 fully saturated rings. The third-order valence-corrected chi connectivity index (χ3v) is 19.9. The summed E-state index contributed by atoms with van der Waals surface area (Å²) in [5, 5.41) is 171. The molecular formula is C51H84O25. The Labute approximate surface area is 440 Å². The van der Waals surface area contributed by atoms with Crippen molar-refractivity contribution in [1.29, 1.82) is 0 Å². The molecule has 438 valence electrons. The van der Waals surface area contributed by atoms with E-state index >= 15 is 0 Å². The van der Waals surface area contributed by atoms with Crippen molar-refractivity contribution in [1.82, 2.24) is 0 Å². The number of ether oxygens (including phenoxy) is 9. The van der Waals surface area contributed by atoms with E-state index in [1.54, 1.807) is 0 Å². The summed E-state index contributed by atoms with van der Waals surface area (Å²) in [5.41, 5.74) is 0.200. The average molecular weight is 1100 g/mol. The van der Waals surface area contributed by atoms with Crippen LogP contribution in [0, 0.1) is 46.3 Å². The molecule has 0 spiro atoms. The van der Waals surface area contributed by atoms with Crippen molar-refractivity contribution in [3.63, 3.8) is 0 Å². The van der Waals surface area contributed by atoms with Crippen LogP contribution < -0.4 is 0 Å². The highest BCUT2D eigenvalue weighted by atomic mass is 16.8. The van der Waals surface area contributed by atoms with Crippen LogP contribution in [0.25, 0.3) is 0 Å². The summed E-state index contributed by atoms with van der Waals surface area (Å²) >= 11 is 0. The molecule has 32 atom stereocenters. The molecule has 25 nitrogen and oxygen atoms in total. The highest BCUT2D eigenvalue weighted by Gasteiger charge is 2.69. The average Bonchev–Trinajstić information content (AvgIpc) is 3.94. The van der Waals surface area contributed by atoms with Crippen LogP contribution in [0.2, 0.25) is 0 Å². The molecule has 5 heterocycles. The van der Waals surface area contributed by atoms with Gasteiger partial charge in [0.1, 0.15) is 97.7 Å². The molecule has 4 saturated carbocycles. The van der Waals surface area contributed by atoms with Crippen molar-refractivity contribution in [2.75, 3.05) is 33.0 Å². The van der Waals surface area contributed by atoms with Crippen molar-refractivity contribution < 1.29 is 124 Å². The van der Waals surface area contributed by atoms with E-state index in [4.69, 9.17) is 42.6 Å². The van der Waals surface area contributed by atoms with E-state index in [1.807, 2.05) is 6.92 Å². The molecule has 76 heavy (non-hydrogen) atoms. The summed E-state index contributed by atoms with van der Waals surface area (Å²) in [5.74, 6) is -0.493. The molecule has 16 N–H and O–H groups in total. The third-order valence-electron chi connectivity index (χ3n) is 19.9. The molecule has 25 heteroatoms. The van der Waals surface area contributed by atoms with E-state index in [-0.39, 0.29) is 53.6 Å². The van der Waals surface area contributed by atoms with Gasteiger partial charge < -0.3 is 124 Å². The van der Waals surface area contributed by atoms with Crippen LogP contribution in [0.4, 0.5) is 0 Å². The van der Waals surface area contributed by atoms with Crippen LogP contribution >= 0.6 is 0 Å². The van der Waals surface area contributed by atoms with Gasteiger partial charge in [0.05, 0.1) is 51.3 Å². The lowest BCUT2D eigenvalue weighted by Crippen LogP contribution is -2.67. The van der Waals surface area contributed by atoms with E-state index in [2.05, 4.69) is 20.4 Å². The van der Waals surface area contributed by atoms with Gasteiger partial charge >= 0.3 is 0 Å². The fraction of sp³-hybridized carbons (Fsp3) is 0.961. The standard InChI is InChI=1S/C51H84O25/c1-19(18-68-45-40(64)36(60)33(57)28(14-52)70-45)7-10-51(67)20(2)32-27(76-51)12-24-22-6-5-21-11-26(25(56)13-50(21,4)23(22)8-9-49(24,32)3)69-46-42(66)39(63)43(31(17-55)73-46)74-48-44(38(62)35(59)30(16-54)72-48)75-47-41(65)37(61)34(58)29(15-53)71-47/h20-48,52-67H,1,5-18H2,2-4H3/t20-,21-,22+,23-,24-,25+,26+,27-,28+,29+,30+,31+,32-,33+,34+,35+,36-,37-,38-,39+,40+,41+,42+,43-,44+,45+,46+,47-,48-,49-,50-,51+/m0/s1. The van der Waals surface area contributed by atoms with Crippen molar-refractivity contribution >= 4 is 0 Å². The Bertz CT molecular complexity index is 1950. The van der Waals surface area contributed by atoms with Gasteiger partial charge in [-0.3, -0.25) is 0 Å². The van der Waals surface area contributed by atoms with E-state index in [0.717, 1.165) is 32.1 Å². The first-order valence-electron chi connectivity index (χ1n) is 27.1. The lowest BCUT2D eigenvalue weighted by Gasteiger charge is -2.62. The highest BCUT2D eigenvalue weighted by molar-refractivity contribution is 5.16. The second kappa shape index (κ2) is 23.2. The largest absolute Gasteiger partial charge is 0.394 e. The normalized spacial score (nSPS) is 55.3. The lowest BCUT2D eigenvalue weighted by molar-refractivity contribution is -0.391. The Kier molecular flexibility index (Phi) is 18.1. The van der Waals surface area contributed by atoms with Crippen molar-refractivity contribution in [3.8, 4) is 0 Å². The number of hydrogen-bond acceptors (Lipinski definition) is 25. The van der Waals surface area contributed by atoms with E-state index in [9.17, 15) is 81.7 Å². The summed E-state index contributed by atoms with van der Waals surface area (Å²) in [6.07, 6.45) is -29.3. The van der Waals surface area contributed by atoms with E-state index < -0.39 is 167 Å². The molecule has 0 aromatic heterocycles. The van der Waals surface area contributed by atoms with Gasteiger partial charge in [-0.05, 0) is 91.8 Å². The van der Waals surface area contributed by atoms with Gasteiger partial charge in [0, 0.05) is 12.3 Å². The maximum absolute atomic E-state index is 12.1. The minimum Gasteiger partial charge on any atom is -0.394 e. The van der Waals surface area contributed by atoms with Gasteiger partial charge in [-0.15, -0.1) is 0 Å². The van der Waals surface area contributed by atoms with Crippen LogP contribution in [-0.4, -0.2) is 262 Å². The van der Waals surface area contributed by atoms with Gasteiger partial charge in [-0.25, -0.2) is 0 Å². The second-order valence-corrected chi connectivity index (χ2v) is 24.0. The zero-order valence-electron chi connectivity index (χ0n) is 43.2. The van der Waals surface area contributed by atoms with Crippen LogP contribution in [0.3, 0.4) is 0 Å². The molecule has 0 aromatic rings. The van der Waals surface area contributed by atoms with Gasteiger partial charge in [0.2, 0.25) is 0 Å². The molecule has 0 amide bonds. The summed E-state index contributed by atoms with van der Waals surface area (Å²) in [6, 6.07) is 0. The first kappa shape index (κ1) is 59.4. The van der Waals surface area contributed by atoms with Gasteiger partial charge in [-0.1, -0.05) is 32.9 Å². The first-order chi connectivity index (χ1) is 35.9. The predicted molar refractivity (Wildman–Crippen MR) is 253 cm³/mol. The molecule has 0 radical (unpaired) electrons. The Balaban J connectivity index is 0.798. The molecule has 0 unspecified atom stereocenters. The minimum atomic E-state index is -1.94. The molecule has 4 aliphatic carbocycles. The van der Waals surface area contributed by atoms with Crippen LogP contribution in [0.15, 0.2) is 12.2 Å². The SMILES string of the molecule is C=C(CC[C@@]1(O)O[C@H]2C[C@H]3[C@@H]4CC[C@H]5C[C@@H](O[C@@H]6O[C@H](CO)[C@H](O[C@@H]7O[C@H](CO)[C@@H](O)[C@H](O)[C@H]7O[C@@H]7O[C@H](CO)[C@@H](O)[C@H](O)[C@H]7O)[C@H](O)[C@H]6O)[C@H](O)C[C@]5(C)[C@H]4CC[C@]3(C)[C@H]2[C@@H]1C)CO[C@@H]1O[C@H](CO)[C@@H](O)[C@H](O)[C@H]1O. The number of fused-ring (bicyclic) bond motifs is 7. The van der Waals surface area contributed by atoms with Gasteiger partial charge in [0.25, 0.3) is 0 Å². The van der Waals surface area contributed by atoms with Gasteiger partial charge in [-0.2, -0.15) is 0 Å². The number of aliphatic hydroxyl groups excluding tert-OH is 15. The zero-order valence-corrected chi connectivity index (χ0v) is 43.2. The minimum absolute atomic E-state index is 0.0609. The molecular weight excluding hydrogens is 1010 g/mol. The van der Waals surface area contributed by atoms with Gasteiger partial charge in [0.15, 0.2) is 30.9 Å². The zero-order chi connectivity index (χ0) is 55.1. The van der Waals surface area contributed by atoms with Crippen LogP contribution in [-0.2, 0) is 42.6 Å². The maximum Gasteiger partial charge on any atom is 0.187 e. The summed E-state index contributed by atoms with van der Waals surface area (Å²) in [6.45, 7) is 7.64. The topological polar surface area (TPSA) is 407 Å². The molecule has 0 bridgehead atoms. The number of hydrogen-bond donors (Lipinski definition) is 16. The lowest BCUT2D eigenvalue weighted by atomic mass is 9.44. The van der Waals surface area contributed by atoms with Crippen molar-refractivity contribution in [2.45, 2.75) is 225 Å². The summed E-state index contributed by atoms with van der Waals surface area (Å²) in [4.78, 5) is 0. The summed E-state index contributed by atoms with van der Waals surface area (Å²) < 4.78 is 53.0. The Hall–Kier alpha value is -1.26. The molecule has 5 saturated heterocycles. The Morgan fingerprint density at radius 1 is 0.566 bits per heavy atom. The third kappa shape index (κ3) is 10.5. The molecule has 0 aromatic carbocycles. The molecule has 5 aliphatic heterocycles. The molecule has 9 aliphatic rings. The van der Waals surface area contributed by atoms with E-state index in [1.165, 1.54) is 0 Å². The van der Waals surface area contributed by atoms with Crippen LogP contribution in [0.5, 0.6) is 0 Å². The smallest absolute Gasteiger partial charge is 0.187 e. The first-order valence-corrected chi connectivity index (χ1v) is 27.1. The van der Waals surface area contributed by atoms with Crippen molar-refractivity contribution in [2.24, 2.45) is 46.3 Å².